The van der Waals surface area contributed by atoms with Gasteiger partial charge in [0, 0.05) is 11.7 Å². The fraction of sp³-hybridized carbons (Fsp3) is 0.333. The summed E-state index contributed by atoms with van der Waals surface area (Å²) in [6, 6.07) is 14.8. The summed E-state index contributed by atoms with van der Waals surface area (Å²) < 4.78 is 10.9. The summed E-state index contributed by atoms with van der Waals surface area (Å²) in [6.45, 7) is 1.32. The molecule has 0 bridgehead atoms. The van der Waals surface area contributed by atoms with Crippen LogP contribution in [0, 0.1) is 0 Å². The number of hydrogen-bond donors (Lipinski definition) is 2. The van der Waals surface area contributed by atoms with Gasteiger partial charge in [0.15, 0.2) is 11.5 Å². The molecule has 0 radical (unpaired) electrons. The third-order valence-electron chi connectivity index (χ3n) is 4.64. The van der Waals surface area contributed by atoms with Gasteiger partial charge in [0.2, 0.25) is 6.79 Å². The molecule has 22 heavy (non-hydrogen) atoms. The molecule has 4 rings (SSSR count). The molecule has 2 heterocycles. The van der Waals surface area contributed by atoms with Crippen molar-refractivity contribution in [1.29, 1.82) is 0 Å². The number of piperidine rings is 1. The molecule has 4 nitrogen and oxygen atoms in total. The number of nitrogen functional groups attached to an aromatic ring is 1. The number of fused-ring (bicyclic) bond motifs is 1. The molecule has 114 valence electrons. The van der Waals surface area contributed by atoms with Crippen molar-refractivity contribution in [3.63, 3.8) is 0 Å². The molecular formula is C18H20N2O2. The van der Waals surface area contributed by atoms with Gasteiger partial charge < -0.3 is 20.5 Å². The Morgan fingerprint density at radius 1 is 1.05 bits per heavy atom. The monoisotopic (exact) mass is 296 g/mol. The lowest BCUT2D eigenvalue weighted by atomic mass is 9.83. The molecule has 2 atom stereocenters. The summed E-state index contributed by atoms with van der Waals surface area (Å²) in [5.41, 5.74) is 9.58. The van der Waals surface area contributed by atoms with Crippen molar-refractivity contribution in [3.05, 3.63) is 53.6 Å². The lowest BCUT2D eigenvalue weighted by Gasteiger charge is -2.31. The second-order valence-electron chi connectivity index (χ2n) is 5.97. The molecular weight excluding hydrogens is 276 g/mol. The van der Waals surface area contributed by atoms with E-state index in [1.54, 1.807) is 0 Å². The second-order valence-corrected chi connectivity index (χ2v) is 5.97. The number of nitrogens with two attached hydrogens (primary N) is 1. The summed E-state index contributed by atoms with van der Waals surface area (Å²) in [4.78, 5) is 0. The third kappa shape index (κ3) is 2.40. The van der Waals surface area contributed by atoms with Crippen LogP contribution in [0.25, 0.3) is 0 Å². The van der Waals surface area contributed by atoms with E-state index >= 15 is 0 Å². The van der Waals surface area contributed by atoms with Crippen LogP contribution in [0.4, 0.5) is 5.69 Å². The zero-order valence-electron chi connectivity index (χ0n) is 12.4. The average Bonchev–Trinajstić information content (AvgIpc) is 3.03. The van der Waals surface area contributed by atoms with E-state index in [0.29, 0.717) is 18.8 Å². The van der Waals surface area contributed by atoms with E-state index in [1.165, 1.54) is 11.1 Å². The Labute approximate surface area is 130 Å². The molecule has 0 aliphatic carbocycles. The lowest BCUT2D eigenvalue weighted by Crippen LogP contribution is -2.31. The summed E-state index contributed by atoms with van der Waals surface area (Å²) in [5.74, 6) is 2.18. The summed E-state index contributed by atoms with van der Waals surface area (Å²) >= 11 is 0. The van der Waals surface area contributed by atoms with E-state index in [-0.39, 0.29) is 0 Å². The molecule has 0 saturated carbocycles. The predicted octanol–water partition coefficient (Wildman–Crippen LogP) is 3.21. The van der Waals surface area contributed by atoms with E-state index in [0.717, 1.165) is 36.6 Å². The Bertz CT molecular complexity index is 687. The first kappa shape index (κ1) is 13.5. The van der Waals surface area contributed by atoms with Crippen LogP contribution >= 0.6 is 0 Å². The zero-order valence-corrected chi connectivity index (χ0v) is 12.4. The Kier molecular flexibility index (Phi) is 3.39. The third-order valence-corrected chi connectivity index (χ3v) is 4.64. The molecule has 2 aromatic rings. The maximum absolute atomic E-state index is 6.15. The largest absolute Gasteiger partial charge is 0.454 e. The number of hydrogen-bond acceptors (Lipinski definition) is 4. The molecule has 0 aromatic heterocycles. The van der Waals surface area contributed by atoms with Gasteiger partial charge in [-0.25, -0.2) is 0 Å². The average molecular weight is 296 g/mol. The number of ether oxygens (including phenoxy) is 2. The van der Waals surface area contributed by atoms with Crippen molar-refractivity contribution >= 4 is 5.69 Å². The molecule has 2 aliphatic rings. The summed E-state index contributed by atoms with van der Waals surface area (Å²) in [7, 11) is 0. The van der Waals surface area contributed by atoms with E-state index in [2.05, 4.69) is 29.6 Å². The number of para-hydroxylation sites is 1. The molecule has 4 heteroatoms. The first-order valence-corrected chi connectivity index (χ1v) is 7.78. The number of nitrogens with one attached hydrogen (secondary N) is 1. The van der Waals surface area contributed by atoms with Gasteiger partial charge in [0.25, 0.3) is 0 Å². The minimum atomic E-state index is 0.319. The van der Waals surface area contributed by atoms with Crippen LogP contribution in [0.1, 0.15) is 35.9 Å². The smallest absolute Gasteiger partial charge is 0.231 e. The molecule has 3 N–H and O–H groups in total. The van der Waals surface area contributed by atoms with Crippen LogP contribution in [0.5, 0.6) is 11.5 Å². The van der Waals surface area contributed by atoms with Crippen LogP contribution < -0.4 is 20.5 Å². The minimum Gasteiger partial charge on any atom is -0.454 e. The zero-order chi connectivity index (χ0) is 14.9. The number of rotatable bonds is 2. The topological polar surface area (TPSA) is 56.5 Å². The van der Waals surface area contributed by atoms with E-state index in [4.69, 9.17) is 15.2 Å². The van der Waals surface area contributed by atoms with Gasteiger partial charge in [-0.2, -0.15) is 0 Å². The van der Waals surface area contributed by atoms with Gasteiger partial charge >= 0.3 is 0 Å². The highest BCUT2D eigenvalue weighted by atomic mass is 16.7. The van der Waals surface area contributed by atoms with Crippen LogP contribution in [0.2, 0.25) is 0 Å². The van der Waals surface area contributed by atoms with Gasteiger partial charge in [0.05, 0.1) is 0 Å². The van der Waals surface area contributed by atoms with Crippen LogP contribution in [-0.2, 0) is 0 Å². The van der Waals surface area contributed by atoms with Crippen LogP contribution in [0.15, 0.2) is 42.5 Å². The highest BCUT2D eigenvalue weighted by molar-refractivity contribution is 5.49. The highest BCUT2D eigenvalue weighted by Gasteiger charge is 2.26. The lowest BCUT2D eigenvalue weighted by molar-refractivity contribution is 0.174. The molecule has 0 amide bonds. The second kappa shape index (κ2) is 5.54. The van der Waals surface area contributed by atoms with Crippen molar-refractivity contribution in [1.82, 2.24) is 5.32 Å². The van der Waals surface area contributed by atoms with Gasteiger partial charge in [0.1, 0.15) is 0 Å². The van der Waals surface area contributed by atoms with Crippen LogP contribution in [0.3, 0.4) is 0 Å². The first-order valence-electron chi connectivity index (χ1n) is 7.78. The molecule has 1 unspecified atom stereocenters. The van der Waals surface area contributed by atoms with Crippen LogP contribution in [-0.4, -0.2) is 13.3 Å². The van der Waals surface area contributed by atoms with Crippen molar-refractivity contribution in [2.24, 2.45) is 0 Å². The van der Waals surface area contributed by atoms with Crippen molar-refractivity contribution in [2.45, 2.75) is 24.8 Å². The van der Waals surface area contributed by atoms with Crippen molar-refractivity contribution in [2.75, 3.05) is 19.1 Å². The fourth-order valence-electron chi connectivity index (χ4n) is 3.47. The Balaban J connectivity index is 1.57. The molecule has 1 fully saturated rings. The van der Waals surface area contributed by atoms with E-state index in [9.17, 15) is 0 Å². The summed E-state index contributed by atoms with van der Waals surface area (Å²) in [6.07, 6.45) is 2.17. The van der Waals surface area contributed by atoms with Gasteiger partial charge in [-0.3, -0.25) is 0 Å². The van der Waals surface area contributed by atoms with E-state index < -0.39 is 0 Å². The highest BCUT2D eigenvalue weighted by Crippen LogP contribution is 2.39. The molecule has 0 spiro atoms. The van der Waals surface area contributed by atoms with Gasteiger partial charge in [-0.1, -0.05) is 24.3 Å². The SMILES string of the molecule is Nc1ccccc1C1CCN[C@H](c2ccc3c(c2)OCO3)C1. The fourth-order valence-corrected chi connectivity index (χ4v) is 3.47. The van der Waals surface area contributed by atoms with Gasteiger partial charge in [-0.05, 0) is 54.6 Å². The summed E-state index contributed by atoms with van der Waals surface area (Å²) in [5, 5.41) is 3.61. The predicted molar refractivity (Wildman–Crippen MR) is 86.1 cm³/mol. The minimum absolute atomic E-state index is 0.319. The maximum Gasteiger partial charge on any atom is 0.231 e. The standard InChI is InChI=1S/C18H20N2O2/c19-15-4-2-1-3-14(15)12-7-8-20-16(9-12)13-5-6-17-18(10-13)22-11-21-17/h1-6,10,12,16,20H,7-9,11,19H2/t12?,16-/m0/s1. The Morgan fingerprint density at radius 2 is 1.91 bits per heavy atom. The Hall–Kier alpha value is -2.20. The first-order chi connectivity index (χ1) is 10.8. The molecule has 2 aromatic carbocycles. The quantitative estimate of drug-likeness (QED) is 0.836. The normalized spacial score (nSPS) is 23.5. The maximum atomic E-state index is 6.15. The molecule has 2 aliphatic heterocycles. The Morgan fingerprint density at radius 3 is 2.82 bits per heavy atom. The van der Waals surface area contributed by atoms with E-state index in [1.807, 2.05) is 18.2 Å². The number of benzene rings is 2. The number of anilines is 1. The van der Waals surface area contributed by atoms with Crippen molar-refractivity contribution in [3.8, 4) is 11.5 Å². The molecule has 1 saturated heterocycles. The van der Waals surface area contributed by atoms with Gasteiger partial charge in [-0.15, -0.1) is 0 Å². The van der Waals surface area contributed by atoms with Crippen molar-refractivity contribution < 1.29 is 9.47 Å².